The number of aromatic nitrogens is 2. The number of nitrogens with two attached hydrogens (primary N) is 1. The average Bonchev–Trinajstić information content (AvgIpc) is 2.78. The first-order valence-corrected chi connectivity index (χ1v) is 6.58. The highest BCUT2D eigenvalue weighted by molar-refractivity contribution is 7.80. The van der Waals surface area contributed by atoms with Crippen molar-refractivity contribution < 1.29 is 4.79 Å². The molecule has 18 heavy (non-hydrogen) atoms. The molecule has 0 unspecified atom stereocenters. The number of amides is 1. The molecule has 4 N–H and O–H groups in total. The molecule has 0 aromatic carbocycles. The third-order valence-electron chi connectivity index (χ3n) is 3.65. The average molecular weight is 266 g/mol. The molecule has 98 valence electrons. The van der Waals surface area contributed by atoms with E-state index in [0.29, 0.717) is 11.4 Å². The summed E-state index contributed by atoms with van der Waals surface area (Å²) in [7, 11) is 0. The number of anilines is 1. The summed E-state index contributed by atoms with van der Waals surface area (Å²) >= 11 is 4.91. The van der Waals surface area contributed by atoms with E-state index in [1.165, 1.54) is 12.6 Å². The topological polar surface area (TPSA) is 83.8 Å². The van der Waals surface area contributed by atoms with E-state index in [2.05, 4.69) is 15.5 Å². The first-order valence-electron chi connectivity index (χ1n) is 6.17. The van der Waals surface area contributed by atoms with Crippen LogP contribution in [0.25, 0.3) is 0 Å². The zero-order chi connectivity index (χ0) is 13.2. The summed E-state index contributed by atoms with van der Waals surface area (Å²) in [6, 6.07) is 0. The van der Waals surface area contributed by atoms with Gasteiger partial charge in [-0.1, -0.05) is 38.4 Å². The minimum absolute atomic E-state index is 0.0175. The van der Waals surface area contributed by atoms with Crippen LogP contribution in [0, 0.1) is 5.41 Å². The van der Waals surface area contributed by atoms with Crippen molar-refractivity contribution in [3.05, 3.63) is 11.8 Å². The molecule has 1 amide bonds. The fraction of sp³-hybridized carbons (Fsp3) is 0.583. The Morgan fingerprint density at radius 2 is 2.17 bits per heavy atom. The molecule has 1 saturated carbocycles. The van der Waals surface area contributed by atoms with E-state index in [-0.39, 0.29) is 16.3 Å². The van der Waals surface area contributed by atoms with Crippen molar-refractivity contribution in [3.63, 3.8) is 0 Å². The van der Waals surface area contributed by atoms with Crippen LogP contribution < -0.4 is 11.1 Å². The molecule has 0 aliphatic heterocycles. The van der Waals surface area contributed by atoms with Gasteiger partial charge in [0.15, 0.2) is 0 Å². The van der Waals surface area contributed by atoms with Gasteiger partial charge in [-0.05, 0) is 12.8 Å². The maximum Gasteiger partial charge on any atom is 0.231 e. The molecule has 0 atom stereocenters. The normalized spacial score (nSPS) is 18.3. The van der Waals surface area contributed by atoms with Crippen molar-refractivity contribution in [1.82, 2.24) is 10.2 Å². The fourth-order valence-electron chi connectivity index (χ4n) is 2.39. The van der Waals surface area contributed by atoms with Crippen LogP contribution in [0.5, 0.6) is 0 Å². The Morgan fingerprint density at radius 1 is 1.50 bits per heavy atom. The quantitative estimate of drug-likeness (QED) is 0.730. The molecule has 0 bridgehead atoms. The summed E-state index contributed by atoms with van der Waals surface area (Å²) in [6.07, 6.45) is 6.81. The van der Waals surface area contributed by atoms with Crippen LogP contribution in [0.4, 0.5) is 5.82 Å². The van der Waals surface area contributed by atoms with Gasteiger partial charge >= 0.3 is 0 Å². The zero-order valence-corrected chi connectivity index (χ0v) is 11.3. The summed E-state index contributed by atoms with van der Waals surface area (Å²) < 4.78 is 0. The third-order valence-corrected chi connectivity index (χ3v) is 3.87. The maximum absolute atomic E-state index is 12.3. The van der Waals surface area contributed by atoms with E-state index in [1.807, 2.05) is 6.92 Å². The van der Waals surface area contributed by atoms with Gasteiger partial charge in [-0.25, -0.2) is 0 Å². The first kappa shape index (κ1) is 13.0. The molecule has 0 spiro atoms. The molecule has 1 aromatic rings. The highest BCUT2D eigenvalue weighted by atomic mass is 32.1. The van der Waals surface area contributed by atoms with Gasteiger partial charge in [0.1, 0.15) is 10.8 Å². The van der Waals surface area contributed by atoms with Crippen molar-refractivity contribution in [2.75, 3.05) is 5.32 Å². The van der Waals surface area contributed by atoms with E-state index in [1.54, 1.807) is 0 Å². The van der Waals surface area contributed by atoms with Crippen molar-refractivity contribution in [3.8, 4) is 0 Å². The van der Waals surface area contributed by atoms with Crippen LogP contribution in [-0.2, 0) is 4.79 Å². The first-order chi connectivity index (χ1) is 8.53. The Labute approximate surface area is 112 Å². The van der Waals surface area contributed by atoms with E-state index in [0.717, 1.165) is 25.7 Å². The second-order valence-corrected chi connectivity index (χ2v) is 5.54. The van der Waals surface area contributed by atoms with Crippen molar-refractivity contribution in [1.29, 1.82) is 0 Å². The van der Waals surface area contributed by atoms with Crippen LogP contribution in [0.15, 0.2) is 6.20 Å². The molecular weight excluding hydrogens is 248 g/mol. The van der Waals surface area contributed by atoms with Crippen LogP contribution >= 0.6 is 12.2 Å². The molecule has 2 rings (SSSR count). The van der Waals surface area contributed by atoms with Gasteiger partial charge in [0.25, 0.3) is 0 Å². The Hall–Kier alpha value is -1.43. The molecular formula is C12H18N4OS. The zero-order valence-electron chi connectivity index (χ0n) is 10.5. The molecule has 5 nitrogen and oxygen atoms in total. The maximum atomic E-state index is 12.3. The number of hydrogen-bond donors (Lipinski definition) is 3. The standard InChI is InChI=1S/C12H18N4OS/c1-12(5-3-2-4-6-12)11(17)15-10-8(9(13)18)7-14-16-10/h7H,2-6H2,1H3,(H2,13,18)(H2,14,15,16,17). The predicted molar refractivity (Wildman–Crippen MR) is 74.3 cm³/mol. The minimum atomic E-state index is -0.295. The van der Waals surface area contributed by atoms with Crippen LogP contribution in [0.1, 0.15) is 44.6 Å². The highest BCUT2D eigenvalue weighted by Gasteiger charge is 2.35. The number of aromatic amines is 1. The molecule has 1 heterocycles. The molecule has 0 radical (unpaired) electrons. The molecule has 1 aliphatic carbocycles. The van der Waals surface area contributed by atoms with Gasteiger partial charge in [0.05, 0.1) is 11.8 Å². The number of thiocarbonyl (C=S) groups is 1. The van der Waals surface area contributed by atoms with Gasteiger partial charge < -0.3 is 11.1 Å². The SMILES string of the molecule is CC1(C(=O)Nc2[nH]ncc2C(N)=S)CCCCC1. The predicted octanol–water partition coefficient (Wildman–Crippen LogP) is 1.95. The lowest BCUT2D eigenvalue weighted by Crippen LogP contribution is -2.35. The lowest BCUT2D eigenvalue weighted by molar-refractivity contribution is -0.126. The van der Waals surface area contributed by atoms with Crippen LogP contribution in [0.2, 0.25) is 0 Å². The third kappa shape index (κ3) is 2.53. The number of carbonyl (C=O) groups is 1. The number of hydrogen-bond acceptors (Lipinski definition) is 3. The van der Waals surface area contributed by atoms with Gasteiger partial charge in [-0.15, -0.1) is 0 Å². The monoisotopic (exact) mass is 266 g/mol. The number of nitrogens with zero attached hydrogens (tertiary/aromatic N) is 1. The highest BCUT2D eigenvalue weighted by Crippen LogP contribution is 2.36. The van der Waals surface area contributed by atoms with Gasteiger partial charge in [-0.3, -0.25) is 9.89 Å². The minimum Gasteiger partial charge on any atom is -0.389 e. The van der Waals surface area contributed by atoms with Gasteiger partial charge in [0.2, 0.25) is 5.91 Å². The molecule has 1 aromatic heterocycles. The molecule has 6 heteroatoms. The second-order valence-electron chi connectivity index (χ2n) is 5.10. The molecule has 1 aliphatic rings. The Bertz CT molecular complexity index is 462. The van der Waals surface area contributed by atoms with Crippen molar-refractivity contribution in [2.45, 2.75) is 39.0 Å². The van der Waals surface area contributed by atoms with Gasteiger partial charge in [0, 0.05) is 5.41 Å². The lowest BCUT2D eigenvalue weighted by atomic mass is 9.75. The Kier molecular flexibility index (Phi) is 3.65. The van der Waals surface area contributed by atoms with E-state index >= 15 is 0 Å². The van der Waals surface area contributed by atoms with Crippen molar-refractivity contribution >= 4 is 28.9 Å². The number of nitrogens with one attached hydrogen (secondary N) is 2. The summed E-state index contributed by atoms with van der Waals surface area (Å²) in [5, 5.41) is 9.44. The van der Waals surface area contributed by atoms with Crippen LogP contribution in [-0.4, -0.2) is 21.1 Å². The number of rotatable bonds is 3. The van der Waals surface area contributed by atoms with Crippen molar-refractivity contribution in [2.24, 2.45) is 11.1 Å². The van der Waals surface area contributed by atoms with Crippen LogP contribution in [0.3, 0.4) is 0 Å². The van der Waals surface area contributed by atoms with E-state index < -0.39 is 0 Å². The van der Waals surface area contributed by atoms with E-state index in [9.17, 15) is 4.79 Å². The summed E-state index contributed by atoms with van der Waals surface area (Å²) in [5.74, 6) is 0.517. The number of H-pyrrole nitrogens is 1. The molecule has 1 fully saturated rings. The number of carbonyl (C=O) groups excluding carboxylic acids is 1. The fourth-order valence-corrected chi connectivity index (χ4v) is 2.55. The van der Waals surface area contributed by atoms with Gasteiger partial charge in [-0.2, -0.15) is 5.10 Å². The van der Waals surface area contributed by atoms with E-state index in [4.69, 9.17) is 18.0 Å². The summed E-state index contributed by atoms with van der Waals surface area (Å²) in [4.78, 5) is 12.5. The Balaban J connectivity index is 2.11. The lowest BCUT2D eigenvalue weighted by Gasteiger charge is -2.31. The second kappa shape index (κ2) is 5.06. The molecule has 0 saturated heterocycles. The Morgan fingerprint density at radius 3 is 2.78 bits per heavy atom. The summed E-state index contributed by atoms with van der Waals surface area (Å²) in [6.45, 7) is 2.01. The smallest absolute Gasteiger partial charge is 0.231 e. The summed E-state index contributed by atoms with van der Waals surface area (Å²) in [5.41, 5.74) is 5.85. The largest absolute Gasteiger partial charge is 0.389 e.